The van der Waals surface area contributed by atoms with Crippen molar-refractivity contribution in [3.63, 3.8) is 0 Å². The number of halogens is 1. The lowest BCUT2D eigenvalue weighted by atomic mass is 10.1. The number of amides is 2. The van der Waals surface area contributed by atoms with Gasteiger partial charge in [-0.15, -0.1) is 0 Å². The molecule has 0 aliphatic rings. The van der Waals surface area contributed by atoms with Crippen molar-refractivity contribution in [2.24, 2.45) is 0 Å². The van der Waals surface area contributed by atoms with Crippen LogP contribution in [0.4, 0.5) is 11.4 Å². The lowest BCUT2D eigenvalue weighted by Crippen LogP contribution is -2.30. The first kappa shape index (κ1) is 24.1. The molecule has 0 saturated heterocycles. The van der Waals surface area contributed by atoms with Crippen molar-refractivity contribution in [3.8, 4) is 0 Å². The monoisotopic (exact) mass is 487 g/mol. The Morgan fingerprint density at radius 3 is 2.31 bits per heavy atom. The molecule has 0 spiro atoms. The molecule has 178 valence electrons. The van der Waals surface area contributed by atoms with Crippen LogP contribution in [0.5, 0.6) is 0 Å². The average Bonchev–Trinajstić information content (AvgIpc) is 3.39. The van der Waals surface area contributed by atoms with E-state index < -0.39 is 0 Å². The van der Waals surface area contributed by atoms with Crippen molar-refractivity contribution >= 4 is 34.8 Å². The predicted molar refractivity (Wildman–Crippen MR) is 139 cm³/mol. The maximum absolute atomic E-state index is 13.3. The minimum atomic E-state index is -0.299. The Kier molecular flexibility index (Phi) is 7.53. The SMILES string of the molecule is CN(C)c1ccc(NC(=O)c2ccccc2Cl)cc1CN(Cc1ccccc1)C(=O)c1ccco1. The Hall–Kier alpha value is -4.03. The fourth-order valence-electron chi connectivity index (χ4n) is 3.83. The second kappa shape index (κ2) is 10.9. The molecule has 0 bridgehead atoms. The number of rotatable bonds is 8. The first-order valence-corrected chi connectivity index (χ1v) is 11.5. The van der Waals surface area contributed by atoms with E-state index in [-0.39, 0.29) is 17.6 Å². The number of carbonyl (C=O) groups excluding carboxylic acids is 2. The second-order valence-electron chi connectivity index (χ2n) is 8.30. The molecule has 1 N–H and O–H groups in total. The van der Waals surface area contributed by atoms with Crippen molar-refractivity contribution in [1.29, 1.82) is 0 Å². The van der Waals surface area contributed by atoms with Gasteiger partial charge in [-0.25, -0.2) is 0 Å². The summed E-state index contributed by atoms with van der Waals surface area (Å²) in [7, 11) is 3.88. The summed E-state index contributed by atoms with van der Waals surface area (Å²) in [4.78, 5) is 29.8. The molecule has 4 aromatic rings. The van der Waals surface area contributed by atoms with Gasteiger partial charge >= 0.3 is 0 Å². The number of nitrogens with one attached hydrogen (secondary N) is 1. The molecule has 1 heterocycles. The highest BCUT2D eigenvalue weighted by molar-refractivity contribution is 6.34. The van der Waals surface area contributed by atoms with E-state index in [0.29, 0.717) is 29.4 Å². The van der Waals surface area contributed by atoms with E-state index in [4.69, 9.17) is 16.0 Å². The third kappa shape index (κ3) is 5.91. The van der Waals surface area contributed by atoms with Gasteiger partial charge in [-0.2, -0.15) is 0 Å². The van der Waals surface area contributed by atoms with Crippen LogP contribution in [0.1, 0.15) is 32.0 Å². The van der Waals surface area contributed by atoms with E-state index in [1.54, 1.807) is 41.3 Å². The molecule has 35 heavy (non-hydrogen) atoms. The minimum absolute atomic E-state index is 0.214. The Morgan fingerprint density at radius 2 is 1.63 bits per heavy atom. The fourth-order valence-corrected chi connectivity index (χ4v) is 4.06. The van der Waals surface area contributed by atoms with Crippen LogP contribution in [0.25, 0.3) is 0 Å². The van der Waals surface area contributed by atoms with Crippen LogP contribution in [-0.2, 0) is 13.1 Å². The molecule has 1 aromatic heterocycles. The highest BCUT2D eigenvalue weighted by Crippen LogP contribution is 2.27. The molecule has 7 heteroatoms. The third-order valence-electron chi connectivity index (χ3n) is 5.53. The van der Waals surface area contributed by atoms with Gasteiger partial charge in [0.25, 0.3) is 11.8 Å². The summed E-state index contributed by atoms with van der Waals surface area (Å²) < 4.78 is 5.39. The number of furan rings is 1. The van der Waals surface area contributed by atoms with Crippen molar-refractivity contribution in [2.75, 3.05) is 24.3 Å². The van der Waals surface area contributed by atoms with Crippen LogP contribution in [-0.4, -0.2) is 30.8 Å². The van der Waals surface area contributed by atoms with Gasteiger partial charge in [0.1, 0.15) is 0 Å². The van der Waals surface area contributed by atoms with E-state index in [1.807, 2.05) is 67.5 Å². The molecular weight excluding hydrogens is 462 g/mol. The molecule has 0 unspecified atom stereocenters. The number of nitrogens with zero attached hydrogens (tertiary/aromatic N) is 2. The largest absolute Gasteiger partial charge is 0.459 e. The van der Waals surface area contributed by atoms with Gasteiger partial charge in [0.05, 0.1) is 16.8 Å². The standard InChI is InChI=1S/C28H26ClN3O3/c1-31(2)25-15-14-22(30-27(33)23-11-6-7-12-24(23)29)17-21(25)19-32(18-20-9-4-3-5-10-20)28(34)26-13-8-16-35-26/h3-17H,18-19H2,1-2H3,(H,30,33). The molecule has 0 aliphatic carbocycles. The van der Waals surface area contributed by atoms with Crippen molar-refractivity contribution < 1.29 is 14.0 Å². The van der Waals surface area contributed by atoms with Gasteiger partial charge in [0.2, 0.25) is 0 Å². The van der Waals surface area contributed by atoms with Crippen LogP contribution in [0.2, 0.25) is 5.02 Å². The number of anilines is 2. The molecule has 6 nitrogen and oxygen atoms in total. The van der Waals surface area contributed by atoms with Gasteiger partial charge in [0.15, 0.2) is 5.76 Å². The smallest absolute Gasteiger partial charge is 0.290 e. The summed E-state index contributed by atoms with van der Waals surface area (Å²) in [5, 5.41) is 3.30. The van der Waals surface area contributed by atoms with Gasteiger partial charge in [0, 0.05) is 38.6 Å². The van der Waals surface area contributed by atoms with Crippen LogP contribution in [0.15, 0.2) is 95.6 Å². The van der Waals surface area contributed by atoms with Crippen LogP contribution in [0.3, 0.4) is 0 Å². The molecule has 0 aliphatic heterocycles. The van der Waals surface area contributed by atoms with E-state index in [0.717, 1.165) is 16.8 Å². The Morgan fingerprint density at radius 1 is 0.886 bits per heavy atom. The predicted octanol–water partition coefficient (Wildman–Crippen LogP) is 6.09. The van der Waals surface area contributed by atoms with Crippen LogP contribution in [0, 0.1) is 0 Å². The van der Waals surface area contributed by atoms with Crippen molar-refractivity contribution in [2.45, 2.75) is 13.1 Å². The Bertz CT molecular complexity index is 1300. The molecule has 3 aromatic carbocycles. The molecule has 4 rings (SSSR count). The maximum Gasteiger partial charge on any atom is 0.290 e. The van der Waals surface area contributed by atoms with E-state index in [2.05, 4.69) is 5.32 Å². The molecule has 2 amide bonds. The lowest BCUT2D eigenvalue weighted by molar-refractivity contribution is 0.0697. The Labute approximate surface area is 209 Å². The van der Waals surface area contributed by atoms with E-state index in [9.17, 15) is 9.59 Å². The lowest BCUT2D eigenvalue weighted by Gasteiger charge is -2.26. The van der Waals surface area contributed by atoms with Gasteiger partial charge < -0.3 is 19.5 Å². The zero-order valence-corrected chi connectivity index (χ0v) is 20.3. The summed E-state index contributed by atoms with van der Waals surface area (Å²) in [6.45, 7) is 0.723. The van der Waals surface area contributed by atoms with Gasteiger partial charge in [-0.3, -0.25) is 9.59 Å². The summed E-state index contributed by atoms with van der Waals surface area (Å²) >= 11 is 6.19. The highest BCUT2D eigenvalue weighted by atomic mass is 35.5. The molecule has 0 radical (unpaired) electrons. The van der Waals surface area contributed by atoms with E-state index >= 15 is 0 Å². The molecule has 0 atom stereocenters. The molecule has 0 saturated carbocycles. The van der Waals surface area contributed by atoms with Crippen molar-refractivity contribution in [3.05, 3.63) is 119 Å². The van der Waals surface area contributed by atoms with Crippen LogP contribution < -0.4 is 10.2 Å². The van der Waals surface area contributed by atoms with Crippen molar-refractivity contribution in [1.82, 2.24) is 4.90 Å². The third-order valence-corrected chi connectivity index (χ3v) is 5.86. The minimum Gasteiger partial charge on any atom is -0.459 e. The quantitative estimate of drug-likeness (QED) is 0.326. The average molecular weight is 488 g/mol. The number of benzene rings is 3. The number of hydrogen-bond acceptors (Lipinski definition) is 4. The van der Waals surface area contributed by atoms with Crippen LogP contribution >= 0.6 is 11.6 Å². The number of hydrogen-bond donors (Lipinski definition) is 1. The highest BCUT2D eigenvalue weighted by Gasteiger charge is 2.21. The Balaban J connectivity index is 1.65. The topological polar surface area (TPSA) is 65.8 Å². The summed E-state index contributed by atoms with van der Waals surface area (Å²) in [6, 6.07) is 25.7. The summed E-state index contributed by atoms with van der Waals surface area (Å²) in [5.74, 6) is -0.239. The normalized spacial score (nSPS) is 10.6. The van der Waals surface area contributed by atoms with Gasteiger partial charge in [-0.1, -0.05) is 54.1 Å². The fraction of sp³-hybridized carbons (Fsp3) is 0.143. The summed E-state index contributed by atoms with van der Waals surface area (Å²) in [5.41, 5.74) is 3.82. The second-order valence-corrected chi connectivity index (χ2v) is 8.70. The van der Waals surface area contributed by atoms with Gasteiger partial charge in [-0.05, 0) is 53.6 Å². The first-order chi connectivity index (χ1) is 16.9. The molecular formula is C28H26ClN3O3. The van der Waals surface area contributed by atoms with E-state index in [1.165, 1.54) is 6.26 Å². The zero-order chi connectivity index (χ0) is 24.8. The number of carbonyl (C=O) groups is 2. The zero-order valence-electron chi connectivity index (χ0n) is 19.6. The molecule has 0 fully saturated rings. The maximum atomic E-state index is 13.3. The first-order valence-electron chi connectivity index (χ1n) is 11.1. The summed E-state index contributed by atoms with van der Waals surface area (Å²) in [6.07, 6.45) is 1.49.